The maximum Gasteiger partial charge on any atom is 0.270 e. The first kappa shape index (κ1) is 19.6. The van der Waals surface area contributed by atoms with Crippen LogP contribution in [0.3, 0.4) is 0 Å². The summed E-state index contributed by atoms with van der Waals surface area (Å²) >= 11 is 0. The minimum absolute atomic E-state index is 0.103. The maximum absolute atomic E-state index is 13.5. The van der Waals surface area contributed by atoms with Gasteiger partial charge in [0.05, 0.1) is 6.61 Å². The predicted octanol–water partition coefficient (Wildman–Crippen LogP) is 3.03. The summed E-state index contributed by atoms with van der Waals surface area (Å²) in [6.45, 7) is 6.70. The molecular formula is C23H28N4O2. The number of benzene rings is 1. The van der Waals surface area contributed by atoms with Crippen molar-refractivity contribution < 1.29 is 9.53 Å². The van der Waals surface area contributed by atoms with Crippen molar-refractivity contribution in [3.05, 3.63) is 66.1 Å². The van der Waals surface area contributed by atoms with Crippen molar-refractivity contribution in [2.45, 2.75) is 26.1 Å². The fourth-order valence-corrected chi connectivity index (χ4v) is 4.19. The standard InChI is InChI=1S/C23H28N4O2/c1-18-16-25(17-19-6-5-9-24-15-19)10-11-26(18)23(28)22-14-20-7-3-4-8-21(20)27(22)12-13-29-2/h3-9,14-15,18H,10-13,16-17H2,1-2H3. The van der Waals surface area contributed by atoms with Gasteiger partial charge in [-0.15, -0.1) is 0 Å². The van der Waals surface area contributed by atoms with Gasteiger partial charge in [0, 0.05) is 69.2 Å². The molecule has 1 aliphatic heterocycles. The highest BCUT2D eigenvalue weighted by Crippen LogP contribution is 2.23. The SMILES string of the molecule is COCCn1c(C(=O)N2CCN(Cc3cccnc3)CC2C)cc2ccccc21. The molecule has 1 aromatic carbocycles. The Hall–Kier alpha value is -2.70. The van der Waals surface area contributed by atoms with Gasteiger partial charge in [-0.1, -0.05) is 24.3 Å². The Morgan fingerprint density at radius 1 is 1.21 bits per heavy atom. The zero-order valence-corrected chi connectivity index (χ0v) is 17.1. The smallest absolute Gasteiger partial charge is 0.270 e. The third-order valence-electron chi connectivity index (χ3n) is 5.65. The Bertz CT molecular complexity index is 969. The monoisotopic (exact) mass is 392 g/mol. The molecule has 0 saturated carbocycles. The zero-order chi connectivity index (χ0) is 20.2. The summed E-state index contributed by atoms with van der Waals surface area (Å²) < 4.78 is 7.37. The van der Waals surface area contributed by atoms with Crippen molar-refractivity contribution in [1.29, 1.82) is 0 Å². The van der Waals surface area contributed by atoms with E-state index >= 15 is 0 Å². The van der Waals surface area contributed by atoms with Gasteiger partial charge in [0.2, 0.25) is 0 Å². The molecule has 29 heavy (non-hydrogen) atoms. The molecule has 6 heteroatoms. The van der Waals surface area contributed by atoms with E-state index < -0.39 is 0 Å². The molecule has 0 bridgehead atoms. The van der Waals surface area contributed by atoms with E-state index in [1.165, 1.54) is 5.56 Å². The first-order valence-electron chi connectivity index (χ1n) is 10.2. The summed E-state index contributed by atoms with van der Waals surface area (Å²) in [5, 5.41) is 1.09. The van der Waals surface area contributed by atoms with Crippen LogP contribution in [0.5, 0.6) is 0 Å². The molecule has 0 radical (unpaired) electrons. The van der Waals surface area contributed by atoms with E-state index in [-0.39, 0.29) is 11.9 Å². The van der Waals surface area contributed by atoms with Gasteiger partial charge < -0.3 is 14.2 Å². The number of para-hydroxylation sites is 1. The number of rotatable bonds is 6. The number of carbonyl (C=O) groups excluding carboxylic acids is 1. The number of fused-ring (bicyclic) bond motifs is 1. The Balaban J connectivity index is 1.51. The molecule has 3 aromatic rings. The van der Waals surface area contributed by atoms with Crippen LogP contribution in [0.25, 0.3) is 10.9 Å². The van der Waals surface area contributed by atoms with Crippen LogP contribution in [-0.4, -0.2) is 64.7 Å². The minimum atomic E-state index is 0.103. The number of pyridine rings is 1. The molecule has 152 valence electrons. The first-order valence-corrected chi connectivity index (χ1v) is 10.2. The number of methoxy groups -OCH3 is 1. The Kier molecular flexibility index (Phi) is 5.92. The number of nitrogens with zero attached hydrogens (tertiary/aromatic N) is 4. The predicted molar refractivity (Wildman–Crippen MR) is 114 cm³/mol. The van der Waals surface area contributed by atoms with Gasteiger partial charge in [0.25, 0.3) is 5.91 Å². The lowest BCUT2D eigenvalue weighted by Gasteiger charge is -2.40. The van der Waals surface area contributed by atoms with Gasteiger partial charge in [0.15, 0.2) is 0 Å². The Labute approximate surface area is 171 Å². The molecule has 1 atom stereocenters. The highest BCUT2D eigenvalue weighted by Gasteiger charge is 2.30. The largest absolute Gasteiger partial charge is 0.383 e. The van der Waals surface area contributed by atoms with Crippen LogP contribution in [0.4, 0.5) is 0 Å². The van der Waals surface area contributed by atoms with Crippen molar-refractivity contribution in [2.24, 2.45) is 0 Å². The first-order chi connectivity index (χ1) is 14.2. The van der Waals surface area contributed by atoms with Crippen molar-refractivity contribution in [3.8, 4) is 0 Å². The van der Waals surface area contributed by atoms with E-state index in [0.29, 0.717) is 13.2 Å². The second-order valence-electron chi connectivity index (χ2n) is 7.68. The fraction of sp³-hybridized carbons (Fsp3) is 0.391. The van der Waals surface area contributed by atoms with Gasteiger partial charge in [-0.3, -0.25) is 14.7 Å². The molecule has 0 aliphatic carbocycles. The van der Waals surface area contributed by atoms with Gasteiger partial charge in [0.1, 0.15) is 5.69 Å². The molecule has 1 saturated heterocycles. The summed E-state index contributed by atoms with van der Waals surface area (Å²) in [4.78, 5) is 22.1. The highest BCUT2D eigenvalue weighted by molar-refractivity contribution is 5.99. The molecule has 3 heterocycles. The topological polar surface area (TPSA) is 50.6 Å². The molecule has 2 aromatic heterocycles. The summed E-state index contributed by atoms with van der Waals surface area (Å²) in [7, 11) is 1.69. The van der Waals surface area contributed by atoms with Crippen molar-refractivity contribution in [3.63, 3.8) is 0 Å². The maximum atomic E-state index is 13.5. The van der Waals surface area contributed by atoms with Crippen molar-refractivity contribution in [2.75, 3.05) is 33.4 Å². The summed E-state index contributed by atoms with van der Waals surface area (Å²) in [6, 6.07) is 14.4. The normalized spacial score (nSPS) is 17.7. The lowest BCUT2D eigenvalue weighted by Crippen LogP contribution is -2.53. The van der Waals surface area contributed by atoms with Crippen LogP contribution >= 0.6 is 0 Å². The van der Waals surface area contributed by atoms with E-state index in [1.807, 2.05) is 35.4 Å². The van der Waals surface area contributed by atoms with E-state index in [1.54, 1.807) is 13.3 Å². The van der Waals surface area contributed by atoms with Gasteiger partial charge >= 0.3 is 0 Å². The number of aromatic nitrogens is 2. The lowest BCUT2D eigenvalue weighted by molar-refractivity contribution is 0.0464. The van der Waals surface area contributed by atoms with Gasteiger partial charge in [-0.05, 0) is 30.7 Å². The van der Waals surface area contributed by atoms with Gasteiger partial charge in [-0.2, -0.15) is 0 Å². The average molecular weight is 393 g/mol. The third kappa shape index (κ3) is 4.18. The molecule has 0 spiro atoms. The minimum Gasteiger partial charge on any atom is -0.383 e. The molecular weight excluding hydrogens is 364 g/mol. The van der Waals surface area contributed by atoms with Crippen LogP contribution in [0, 0.1) is 0 Å². The molecule has 6 nitrogen and oxygen atoms in total. The summed E-state index contributed by atoms with van der Waals surface area (Å²) in [5.41, 5.74) is 3.03. The molecule has 1 unspecified atom stereocenters. The quantitative estimate of drug-likeness (QED) is 0.647. The van der Waals surface area contributed by atoms with E-state index in [9.17, 15) is 4.79 Å². The van der Waals surface area contributed by atoms with E-state index in [4.69, 9.17) is 4.74 Å². The molecule has 4 rings (SSSR count). The van der Waals surface area contributed by atoms with Crippen LogP contribution in [0.2, 0.25) is 0 Å². The van der Waals surface area contributed by atoms with E-state index in [0.717, 1.165) is 42.8 Å². The molecule has 1 fully saturated rings. The number of ether oxygens (including phenoxy) is 1. The number of hydrogen-bond acceptors (Lipinski definition) is 4. The highest BCUT2D eigenvalue weighted by atomic mass is 16.5. The van der Waals surface area contributed by atoms with E-state index in [2.05, 4.69) is 39.6 Å². The second kappa shape index (κ2) is 8.76. The van der Waals surface area contributed by atoms with Crippen LogP contribution in [0.15, 0.2) is 54.9 Å². The average Bonchev–Trinajstić information content (AvgIpc) is 3.11. The van der Waals surface area contributed by atoms with Crippen molar-refractivity contribution in [1.82, 2.24) is 19.4 Å². The summed E-state index contributed by atoms with van der Waals surface area (Å²) in [6.07, 6.45) is 3.71. The third-order valence-corrected chi connectivity index (χ3v) is 5.65. The summed E-state index contributed by atoms with van der Waals surface area (Å²) in [5.74, 6) is 0.103. The van der Waals surface area contributed by atoms with Crippen molar-refractivity contribution >= 4 is 16.8 Å². The van der Waals surface area contributed by atoms with Crippen LogP contribution < -0.4 is 0 Å². The Morgan fingerprint density at radius 2 is 2.07 bits per heavy atom. The number of piperazine rings is 1. The second-order valence-corrected chi connectivity index (χ2v) is 7.68. The number of carbonyl (C=O) groups is 1. The zero-order valence-electron chi connectivity index (χ0n) is 17.1. The lowest BCUT2D eigenvalue weighted by atomic mass is 10.1. The molecule has 1 aliphatic rings. The van der Waals surface area contributed by atoms with Crippen LogP contribution in [-0.2, 0) is 17.8 Å². The molecule has 1 amide bonds. The molecule has 0 N–H and O–H groups in total. The fourth-order valence-electron chi connectivity index (χ4n) is 4.19. The number of amides is 1. The van der Waals surface area contributed by atoms with Crippen LogP contribution in [0.1, 0.15) is 23.0 Å². The van der Waals surface area contributed by atoms with Gasteiger partial charge in [-0.25, -0.2) is 0 Å². The number of hydrogen-bond donors (Lipinski definition) is 0. The Morgan fingerprint density at radius 3 is 2.83 bits per heavy atom.